The van der Waals surface area contributed by atoms with Crippen LogP contribution in [0.25, 0.3) is 0 Å². The van der Waals surface area contributed by atoms with Gasteiger partial charge in [0.1, 0.15) is 6.54 Å². The fourth-order valence-corrected chi connectivity index (χ4v) is 2.29. The number of nitrogens with zero attached hydrogens (tertiary/aromatic N) is 1. The lowest BCUT2D eigenvalue weighted by Crippen LogP contribution is -2.42. The number of carbonyl (C=O) groups excluding carboxylic acids is 1. The van der Waals surface area contributed by atoms with Gasteiger partial charge < -0.3 is 25.4 Å². The van der Waals surface area contributed by atoms with E-state index in [1.54, 1.807) is 6.08 Å². The van der Waals surface area contributed by atoms with Crippen LogP contribution in [-0.4, -0.2) is 43.7 Å². The Morgan fingerprint density at radius 2 is 2.00 bits per heavy atom. The molecule has 0 bridgehead atoms. The van der Waals surface area contributed by atoms with Crippen molar-refractivity contribution in [2.24, 2.45) is 4.99 Å². The summed E-state index contributed by atoms with van der Waals surface area (Å²) in [4.78, 5) is 16.3. The van der Waals surface area contributed by atoms with E-state index in [1.807, 2.05) is 39.0 Å². The highest BCUT2D eigenvalue weighted by molar-refractivity contribution is 5.95. The molecular formula is C19H28N4O3. The molecule has 1 aromatic rings. The summed E-state index contributed by atoms with van der Waals surface area (Å²) in [6.07, 6.45) is 2.58. The first kappa shape index (κ1) is 19.6. The van der Waals surface area contributed by atoms with Crippen LogP contribution in [0.3, 0.4) is 0 Å². The molecule has 1 heterocycles. The number of benzene rings is 1. The van der Waals surface area contributed by atoms with Crippen molar-refractivity contribution in [1.82, 2.24) is 10.6 Å². The molecule has 142 valence electrons. The fraction of sp³-hybridized carbons (Fsp3) is 0.474. The van der Waals surface area contributed by atoms with Gasteiger partial charge in [-0.3, -0.25) is 4.79 Å². The monoisotopic (exact) mass is 360 g/mol. The predicted octanol–water partition coefficient (Wildman–Crippen LogP) is 2.31. The minimum absolute atomic E-state index is 0.0221. The number of hydrogen-bond acceptors (Lipinski definition) is 4. The Morgan fingerprint density at radius 1 is 1.27 bits per heavy atom. The maximum Gasteiger partial charge on any atom is 0.242 e. The molecule has 0 fully saturated rings. The Balaban J connectivity index is 2.07. The van der Waals surface area contributed by atoms with E-state index in [9.17, 15) is 4.79 Å². The maximum atomic E-state index is 12.0. The molecule has 1 aromatic carbocycles. The highest BCUT2D eigenvalue weighted by Crippen LogP contribution is 2.32. The van der Waals surface area contributed by atoms with Crippen LogP contribution in [0.5, 0.6) is 11.5 Å². The molecule has 0 aliphatic carbocycles. The molecular weight excluding hydrogens is 332 g/mol. The molecule has 0 aromatic heterocycles. The fourth-order valence-electron chi connectivity index (χ4n) is 2.29. The summed E-state index contributed by atoms with van der Waals surface area (Å²) >= 11 is 0. The van der Waals surface area contributed by atoms with Crippen molar-refractivity contribution in [3.63, 3.8) is 0 Å². The first-order chi connectivity index (χ1) is 12.4. The summed E-state index contributed by atoms with van der Waals surface area (Å²) in [7, 11) is 0. The third-order valence-electron chi connectivity index (χ3n) is 3.32. The van der Waals surface area contributed by atoms with Crippen LogP contribution in [0.4, 0.5) is 5.69 Å². The first-order valence-electron chi connectivity index (χ1n) is 8.74. The molecule has 0 atom stereocenters. The van der Waals surface area contributed by atoms with Crippen molar-refractivity contribution in [2.45, 2.75) is 32.7 Å². The van der Waals surface area contributed by atoms with Gasteiger partial charge >= 0.3 is 0 Å². The Morgan fingerprint density at radius 3 is 2.69 bits per heavy atom. The second kappa shape index (κ2) is 9.12. The number of aliphatic imine (C=N–C) groups is 1. The molecule has 0 radical (unpaired) electrons. The van der Waals surface area contributed by atoms with Crippen LogP contribution in [-0.2, 0) is 4.79 Å². The molecule has 26 heavy (non-hydrogen) atoms. The number of fused-ring (bicyclic) bond motifs is 1. The number of anilines is 1. The SMILES string of the molecule is C=CCNC(=NCC(=O)NC(C)(C)C)Nc1ccc2c(c1)OCCCO2. The van der Waals surface area contributed by atoms with Crippen molar-refractivity contribution < 1.29 is 14.3 Å². The number of nitrogens with one attached hydrogen (secondary N) is 3. The quantitative estimate of drug-likeness (QED) is 0.426. The van der Waals surface area contributed by atoms with Crippen LogP contribution in [0.2, 0.25) is 0 Å². The highest BCUT2D eigenvalue weighted by atomic mass is 16.5. The first-order valence-corrected chi connectivity index (χ1v) is 8.74. The van der Waals surface area contributed by atoms with E-state index in [4.69, 9.17) is 9.47 Å². The van der Waals surface area contributed by atoms with Crippen LogP contribution < -0.4 is 25.4 Å². The lowest BCUT2D eigenvalue weighted by Gasteiger charge is -2.20. The molecule has 0 unspecified atom stereocenters. The average Bonchev–Trinajstić information content (AvgIpc) is 2.80. The molecule has 7 heteroatoms. The molecule has 1 amide bonds. The highest BCUT2D eigenvalue weighted by Gasteiger charge is 2.14. The van der Waals surface area contributed by atoms with Gasteiger partial charge in [0.05, 0.1) is 13.2 Å². The molecule has 0 spiro atoms. The van der Waals surface area contributed by atoms with Gasteiger partial charge in [0.2, 0.25) is 5.91 Å². The third-order valence-corrected chi connectivity index (χ3v) is 3.32. The van der Waals surface area contributed by atoms with Gasteiger partial charge in [0.15, 0.2) is 17.5 Å². The number of ether oxygens (including phenoxy) is 2. The molecule has 1 aliphatic rings. The smallest absolute Gasteiger partial charge is 0.242 e. The summed E-state index contributed by atoms with van der Waals surface area (Å²) in [5.41, 5.74) is 0.504. The van der Waals surface area contributed by atoms with Crippen LogP contribution in [0, 0.1) is 0 Å². The van der Waals surface area contributed by atoms with Crippen molar-refractivity contribution in [3.8, 4) is 11.5 Å². The normalized spacial score (nSPS) is 14.2. The van der Waals surface area contributed by atoms with E-state index in [2.05, 4.69) is 27.5 Å². The Kier molecular flexibility index (Phi) is 6.89. The van der Waals surface area contributed by atoms with Crippen molar-refractivity contribution in [2.75, 3.05) is 31.6 Å². The predicted molar refractivity (Wildman–Crippen MR) is 104 cm³/mol. The van der Waals surface area contributed by atoms with Crippen LogP contribution in [0.15, 0.2) is 35.8 Å². The third kappa shape index (κ3) is 6.66. The Labute approximate surface area is 154 Å². The summed E-state index contributed by atoms with van der Waals surface area (Å²) in [6.45, 7) is 11.3. The number of hydrogen-bond donors (Lipinski definition) is 3. The number of rotatable bonds is 5. The van der Waals surface area contributed by atoms with Crippen LogP contribution in [0.1, 0.15) is 27.2 Å². The van der Waals surface area contributed by atoms with Crippen LogP contribution >= 0.6 is 0 Å². The second-order valence-electron chi connectivity index (χ2n) is 6.97. The van der Waals surface area contributed by atoms with Crippen molar-refractivity contribution in [3.05, 3.63) is 30.9 Å². The van der Waals surface area contributed by atoms with Gasteiger partial charge in [-0.15, -0.1) is 6.58 Å². The van der Waals surface area contributed by atoms with E-state index >= 15 is 0 Å². The topological polar surface area (TPSA) is 84.0 Å². The Bertz CT molecular complexity index is 665. The molecule has 3 N–H and O–H groups in total. The van der Waals surface area contributed by atoms with E-state index in [-0.39, 0.29) is 18.0 Å². The summed E-state index contributed by atoms with van der Waals surface area (Å²) in [5, 5.41) is 9.16. The van der Waals surface area contributed by atoms with Crippen molar-refractivity contribution in [1.29, 1.82) is 0 Å². The summed E-state index contributed by atoms with van der Waals surface area (Å²) < 4.78 is 11.3. The molecule has 0 saturated heterocycles. The van der Waals surface area contributed by atoms with E-state index in [0.717, 1.165) is 17.9 Å². The standard InChI is InChI=1S/C19H28N4O3/c1-5-9-20-18(21-13-17(24)23-19(2,3)4)22-14-7-8-15-16(12-14)26-11-6-10-25-15/h5,7-8,12H,1,6,9-11,13H2,2-4H3,(H,23,24)(H2,20,21,22). The van der Waals surface area contributed by atoms with Gasteiger partial charge in [-0.2, -0.15) is 0 Å². The number of carbonyl (C=O) groups is 1. The van der Waals surface area contributed by atoms with Gasteiger partial charge in [0.25, 0.3) is 0 Å². The van der Waals surface area contributed by atoms with Gasteiger partial charge in [-0.25, -0.2) is 4.99 Å². The zero-order chi connectivity index (χ0) is 19.0. The lowest BCUT2D eigenvalue weighted by molar-refractivity contribution is -0.121. The van der Waals surface area contributed by atoms with Gasteiger partial charge in [-0.1, -0.05) is 6.08 Å². The average molecular weight is 360 g/mol. The van der Waals surface area contributed by atoms with Crippen molar-refractivity contribution >= 4 is 17.6 Å². The maximum absolute atomic E-state index is 12.0. The zero-order valence-electron chi connectivity index (χ0n) is 15.7. The van der Waals surface area contributed by atoms with Gasteiger partial charge in [0, 0.05) is 30.3 Å². The lowest BCUT2D eigenvalue weighted by atomic mass is 10.1. The number of amides is 1. The molecule has 0 saturated carbocycles. The van der Waals surface area contributed by atoms with E-state index in [1.165, 1.54) is 0 Å². The van der Waals surface area contributed by atoms with Gasteiger partial charge in [-0.05, 0) is 32.9 Å². The summed E-state index contributed by atoms with van der Waals surface area (Å²) in [6, 6.07) is 5.61. The second-order valence-corrected chi connectivity index (χ2v) is 6.97. The molecule has 7 nitrogen and oxygen atoms in total. The minimum atomic E-state index is -0.289. The Hall–Kier alpha value is -2.70. The largest absolute Gasteiger partial charge is 0.490 e. The van der Waals surface area contributed by atoms with E-state index < -0.39 is 0 Å². The summed E-state index contributed by atoms with van der Waals surface area (Å²) in [5.74, 6) is 1.77. The minimum Gasteiger partial charge on any atom is -0.490 e. The number of guanidine groups is 1. The molecule has 1 aliphatic heterocycles. The molecule has 2 rings (SSSR count). The zero-order valence-corrected chi connectivity index (χ0v) is 15.7. The van der Waals surface area contributed by atoms with E-state index in [0.29, 0.717) is 31.5 Å².